The molecule has 7 heteroatoms. The summed E-state index contributed by atoms with van der Waals surface area (Å²) in [6.07, 6.45) is 6.55. The first kappa shape index (κ1) is 13.9. The first-order chi connectivity index (χ1) is 10.1. The second-order valence-corrected chi connectivity index (χ2v) is 5.73. The Morgan fingerprint density at radius 1 is 1.33 bits per heavy atom. The molecule has 0 amide bonds. The van der Waals surface area contributed by atoms with Crippen LogP contribution in [0.2, 0.25) is 0 Å². The van der Waals surface area contributed by atoms with Gasteiger partial charge in [-0.3, -0.25) is 9.78 Å². The molecule has 2 aromatic rings. The lowest BCUT2D eigenvalue weighted by molar-refractivity contribution is -0.142. The molecular weight excluding hydrogens is 338 g/mol. The van der Waals surface area contributed by atoms with Crippen LogP contribution in [0.3, 0.4) is 0 Å². The van der Waals surface area contributed by atoms with Crippen molar-refractivity contribution in [1.82, 2.24) is 15.1 Å². The fraction of sp³-hybridized carbons (Fsp3) is 0.286. The van der Waals surface area contributed by atoms with E-state index >= 15 is 0 Å². The minimum absolute atomic E-state index is 0.288. The topological polar surface area (TPSA) is 89.1 Å². The molecule has 6 nitrogen and oxygen atoms in total. The number of nitrogens with zero attached hydrogens (tertiary/aromatic N) is 3. The fourth-order valence-electron chi connectivity index (χ4n) is 2.36. The second-order valence-electron chi connectivity index (χ2n) is 4.81. The van der Waals surface area contributed by atoms with Gasteiger partial charge in [-0.05, 0) is 40.9 Å². The van der Waals surface area contributed by atoms with E-state index in [-0.39, 0.29) is 5.92 Å². The van der Waals surface area contributed by atoms with Crippen molar-refractivity contribution >= 4 is 21.9 Å². The third kappa shape index (κ3) is 2.87. The van der Waals surface area contributed by atoms with E-state index in [2.05, 4.69) is 31.1 Å². The van der Waals surface area contributed by atoms with Crippen LogP contribution in [0.1, 0.15) is 24.7 Å². The van der Waals surface area contributed by atoms with E-state index in [1.807, 2.05) is 18.2 Å². The highest BCUT2D eigenvalue weighted by atomic mass is 79.9. The van der Waals surface area contributed by atoms with Gasteiger partial charge in [0.15, 0.2) is 0 Å². The van der Waals surface area contributed by atoms with Gasteiger partial charge in [-0.2, -0.15) is 4.98 Å². The van der Waals surface area contributed by atoms with Gasteiger partial charge >= 0.3 is 5.97 Å². The number of aliphatic carboxylic acids is 1. The molecule has 0 aromatic carbocycles. The van der Waals surface area contributed by atoms with Crippen molar-refractivity contribution in [2.75, 3.05) is 0 Å². The Bertz CT molecular complexity index is 681. The lowest BCUT2D eigenvalue weighted by Gasteiger charge is -2.21. The van der Waals surface area contributed by atoms with E-state index in [9.17, 15) is 9.90 Å². The standard InChI is InChI=1S/C14H12BrN3O3/c15-8-5-6-11(16-7-8)12-17-13(21-18-12)9-3-1-2-4-10(9)14(19)20/h1-2,5-7,9-10H,3-4H2,(H,19,20)/t9-,10+/m1/s1. The monoisotopic (exact) mass is 349 g/mol. The summed E-state index contributed by atoms with van der Waals surface area (Å²) in [4.78, 5) is 19.8. The molecule has 0 radical (unpaired) electrons. The Kier molecular flexibility index (Phi) is 3.83. The van der Waals surface area contributed by atoms with E-state index in [1.165, 1.54) is 0 Å². The normalized spacial score (nSPS) is 21.4. The van der Waals surface area contributed by atoms with Gasteiger partial charge in [-0.1, -0.05) is 17.3 Å². The van der Waals surface area contributed by atoms with Crippen LogP contribution in [0.4, 0.5) is 0 Å². The van der Waals surface area contributed by atoms with E-state index in [4.69, 9.17) is 4.52 Å². The first-order valence-electron chi connectivity index (χ1n) is 6.48. The minimum Gasteiger partial charge on any atom is -0.481 e. The molecule has 0 saturated heterocycles. The molecule has 2 aromatic heterocycles. The Morgan fingerprint density at radius 2 is 2.14 bits per heavy atom. The molecule has 1 aliphatic rings. The lowest BCUT2D eigenvalue weighted by atomic mass is 9.83. The highest BCUT2D eigenvalue weighted by Crippen LogP contribution is 2.34. The minimum atomic E-state index is -0.842. The van der Waals surface area contributed by atoms with Crippen molar-refractivity contribution in [3.8, 4) is 11.5 Å². The van der Waals surface area contributed by atoms with Crippen LogP contribution in [0.25, 0.3) is 11.5 Å². The molecule has 108 valence electrons. The van der Waals surface area contributed by atoms with Crippen LogP contribution >= 0.6 is 15.9 Å². The van der Waals surface area contributed by atoms with Gasteiger partial charge in [0.05, 0.1) is 11.8 Å². The zero-order chi connectivity index (χ0) is 14.8. The first-order valence-corrected chi connectivity index (χ1v) is 7.28. The maximum Gasteiger partial charge on any atom is 0.307 e. The Labute approximate surface area is 129 Å². The quantitative estimate of drug-likeness (QED) is 0.856. The Hall–Kier alpha value is -2.02. The third-order valence-corrected chi connectivity index (χ3v) is 3.93. The molecule has 0 spiro atoms. The highest BCUT2D eigenvalue weighted by Gasteiger charge is 2.34. The van der Waals surface area contributed by atoms with Gasteiger partial charge in [0.1, 0.15) is 5.69 Å². The lowest BCUT2D eigenvalue weighted by Crippen LogP contribution is -2.23. The maximum atomic E-state index is 11.3. The summed E-state index contributed by atoms with van der Waals surface area (Å²) in [5.74, 6) is -0.932. The van der Waals surface area contributed by atoms with Crippen LogP contribution in [0.5, 0.6) is 0 Å². The van der Waals surface area contributed by atoms with Crippen molar-refractivity contribution < 1.29 is 14.4 Å². The van der Waals surface area contributed by atoms with Crippen LogP contribution in [0, 0.1) is 5.92 Å². The highest BCUT2D eigenvalue weighted by molar-refractivity contribution is 9.10. The predicted octanol–water partition coefficient (Wildman–Crippen LogP) is 3.03. The molecule has 2 heterocycles. The number of hydrogen-bond donors (Lipinski definition) is 1. The summed E-state index contributed by atoms with van der Waals surface area (Å²) in [7, 11) is 0. The fourth-order valence-corrected chi connectivity index (χ4v) is 2.59. The number of halogens is 1. The van der Waals surface area contributed by atoms with Gasteiger partial charge < -0.3 is 9.63 Å². The van der Waals surface area contributed by atoms with Crippen LogP contribution in [-0.2, 0) is 4.79 Å². The molecule has 1 N–H and O–H groups in total. The van der Waals surface area contributed by atoms with Crippen molar-refractivity contribution in [2.45, 2.75) is 18.8 Å². The van der Waals surface area contributed by atoms with Crippen LogP contribution in [-0.4, -0.2) is 26.2 Å². The number of carboxylic acids is 1. The number of carboxylic acid groups (broad SMARTS) is 1. The van der Waals surface area contributed by atoms with Gasteiger partial charge in [0.2, 0.25) is 11.7 Å². The molecular formula is C14H12BrN3O3. The third-order valence-electron chi connectivity index (χ3n) is 3.47. The van der Waals surface area contributed by atoms with Crippen molar-refractivity contribution in [2.24, 2.45) is 5.92 Å². The van der Waals surface area contributed by atoms with Gasteiger partial charge in [0.25, 0.3) is 0 Å². The molecule has 21 heavy (non-hydrogen) atoms. The van der Waals surface area contributed by atoms with Gasteiger partial charge in [-0.15, -0.1) is 0 Å². The molecule has 2 atom stereocenters. The average Bonchev–Trinajstić information content (AvgIpc) is 2.97. The number of hydrogen-bond acceptors (Lipinski definition) is 5. The maximum absolute atomic E-state index is 11.3. The molecule has 0 fully saturated rings. The number of aromatic nitrogens is 3. The summed E-state index contributed by atoms with van der Waals surface area (Å²) in [5.41, 5.74) is 0.589. The number of pyridine rings is 1. The van der Waals surface area contributed by atoms with Crippen LogP contribution in [0.15, 0.2) is 39.5 Å². The molecule has 0 aliphatic heterocycles. The van der Waals surface area contributed by atoms with Gasteiger partial charge in [-0.25, -0.2) is 0 Å². The Morgan fingerprint density at radius 3 is 2.86 bits per heavy atom. The largest absolute Gasteiger partial charge is 0.481 e. The molecule has 0 saturated carbocycles. The summed E-state index contributed by atoms with van der Waals surface area (Å²) in [6.45, 7) is 0. The molecule has 3 rings (SSSR count). The van der Waals surface area contributed by atoms with Crippen molar-refractivity contribution in [1.29, 1.82) is 0 Å². The smallest absolute Gasteiger partial charge is 0.307 e. The second kappa shape index (κ2) is 5.77. The van der Waals surface area contributed by atoms with Crippen molar-refractivity contribution in [3.63, 3.8) is 0 Å². The molecule has 0 bridgehead atoms. The van der Waals surface area contributed by atoms with Crippen LogP contribution < -0.4 is 0 Å². The van der Waals surface area contributed by atoms with Gasteiger partial charge in [0, 0.05) is 10.7 Å². The summed E-state index contributed by atoms with van der Waals surface area (Å²) in [6, 6.07) is 3.61. The SMILES string of the molecule is O=C(O)[C@H]1CC=CC[C@H]1c1nc(-c2ccc(Br)cn2)no1. The van der Waals surface area contributed by atoms with E-state index < -0.39 is 11.9 Å². The van der Waals surface area contributed by atoms with E-state index in [0.29, 0.717) is 30.3 Å². The van der Waals surface area contributed by atoms with E-state index in [0.717, 1.165) is 4.47 Å². The number of carbonyl (C=O) groups is 1. The summed E-state index contributed by atoms with van der Waals surface area (Å²) < 4.78 is 6.12. The zero-order valence-corrected chi connectivity index (χ0v) is 12.5. The molecule has 0 unspecified atom stereocenters. The summed E-state index contributed by atoms with van der Waals surface area (Å²) in [5, 5.41) is 13.2. The van der Waals surface area contributed by atoms with Crippen molar-refractivity contribution in [3.05, 3.63) is 40.8 Å². The Balaban J connectivity index is 1.88. The number of rotatable bonds is 3. The average molecular weight is 350 g/mol. The zero-order valence-electron chi connectivity index (χ0n) is 10.9. The number of allylic oxidation sites excluding steroid dienone is 2. The predicted molar refractivity (Wildman–Crippen MR) is 77.5 cm³/mol. The molecule has 1 aliphatic carbocycles. The summed E-state index contributed by atoms with van der Waals surface area (Å²) >= 11 is 3.31. The van der Waals surface area contributed by atoms with E-state index in [1.54, 1.807) is 12.3 Å².